The zero-order valence-electron chi connectivity index (χ0n) is 9.26. The summed E-state index contributed by atoms with van der Waals surface area (Å²) in [5, 5.41) is 11.1. The molecule has 0 saturated heterocycles. The molecule has 2 aromatic rings. The van der Waals surface area contributed by atoms with E-state index in [9.17, 15) is 0 Å². The van der Waals surface area contributed by atoms with Gasteiger partial charge in [-0.05, 0) is 18.5 Å². The molecule has 0 saturated carbocycles. The Kier molecular flexibility index (Phi) is 3.66. The average Bonchev–Trinajstić information content (AvgIpc) is 2.85. The lowest BCUT2D eigenvalue weighted by atomic mass is 10.1. The summed E-state index contributed by atoms with van der Waals surface area (Å²) in [6.45, 7) is 3.05. The van der Waals surface area contributed by atoms with Crippen molar-refractivity contribution in [3.8, 4) is 0 Å². The minimum atomic E-state index is -0.0105. The van der Waals surface area contributed by atoms with E-state index in [0.717, 1.165) is 18.5 Å². The molecular weight excluding hydrogens is 202 g/mol. The Morgan fingerprint density at radius 2 is 2.12 bits per heavy atom. The van der Waals surface area contributed by atoms with Gasteiger partial charge in [0.2, 0.25) is 12.3 Å². The molecule has 0 aliphatic heterocycles. The number of nitrogens with one attached hydrogen (secondary N) is 1. The summed E-state index contributed by atoms with van der Waals surface area (Å²) in [4.78, 5) is 0. The van der Waals surface area contributed by atoms with E-state index in [-0.39, 0.29) is 6.04 Å². The smallest absolute Gasteiger partial charge is 0.237 e. The first-order chi connectivity index (χ1) is 7.92. The molecule has 0 aliphatic rings. The number of rotatable bonds is 5. The second-order valence-corrected chi connectivity index (χ2v) is 3.57. The normalized spacial score (nSPS) is 12.6. The third-order valence-electron chi connectivity index (χ3n) is 2.36. The summed E-state index contributed by atoms with van der Waals surface area (Å²) in [5.74, 6) is 0.611. The van der Waals surface area contributed by atoms with Gasteiger partial charge in [0.05, 0.1) is 0 Å². The third kappa shape index (κ3) is 2.46. The molecule has 84 valence electrons. The molecule has 4 heteroatoms. The van der Waals surface area contributed by atoms with Gasteiger partial charge < -0.3 is 9.73 Å². The van der Waals surface area contributed by atoms with Gasteiger partial charge in [-0.25, -0.2) is 0 Å². The Hall–Kier alpha value is -1.68. The van der Waals surface area contributed by atoms with Crippen molar-refractivity contribution >= 4 is 0 Å². The van der Waals surface area contributed by atoms with Crippen molar-refractivity contribution in [2.45, 2.75) is 19.4 Å². The summed E-state index contributed by atoms with van der Waals surface area (Å²) >= 11 is 0. The molecule has 0 amide bonds. The van der Waals surface area contributed by atoms with Gasteiger partial charge in [0.15, 0.2) is 0 Å². The van der Waals surface area contributed by atoms with Crippen LogP contribution in [0.3, 0.4) is 0 Å². The lowest BCUT2D eigenvalue weighted by Crippen LogP contribution is -2.23. The first-order valence-electron chi connectivity index (χ1n) is 5.46. The van der Waals surface area contributed by atoms with Gasteiger partial charge >= 0.3 is 0 Å². The molecule has 0 fully saturated rings. The van der Waals surface area contributed by atoms with Crippen LogP contribution in [0.5, 0.6) is 0 Å². The Bertz CT molecular complexity index is 399. The molecule has 0 spiro atoms. The molecule has 1 N–H and O–H groups in total. The van der Waals surface area contributed by atoms with Gasteiger partial charge in [-0.3, -0.25) is 0 Å². The van der Waals surface area contributed by atoms with Crippen molar-refractivity contribution in [1.82, 2.24) is 15.5 Å². The largest absolute Gasteiger partial charge is 0.426 e. The first-order valence-corrected chi connectivity index (χ1v) is 5.46. The first kappa shape index (κ1) is 10.8. The van der Waals surface area contributed by atoms with Gasteiger partial charge in [0.1, 0.15) is 6.04 Å². The Morgan fingerprint density at radius 1 is 1.31 bits per heavy atom. The molecule has 2 rings (SSSR count). The topological polar surface area (TPSA) is 51.0 Å². The number of nitrogens with zero attached hydrogens (tertiary/aromatic N) is 2. The highest BCUT2D eigenvalue weighted by Gasteiger charge is 2.17. The van der Waals surface area contributed by atoms with E-state index in [1.165, 1.54) is 6.39 Å². The van der Waals surface area contributed by atoms with E-state index in [4.69, 9.17) is 4.42 Å². The van der Waals surface area contributed by atoms with Crippen LogP contribution in [0, 0.1) is 0 Å². The number of hydrogen-bond donors (Lipinski definition) is 1. The van der Waals surface area contributed by atoms with E-state index >= 15 is 0 Å². The summed E-state index contributed by atoms with van der Waals surface area (Å²) in [5.41, 5.74) is 1.14. The summed E-state index contributed by atoms with van der Waals surface area (Å²) in [6.07, 6.45) is 2.43. The van der Waals surface area contributed by atoms with Crippen molar-refractivity contribution in [3.05, 3.63) is 48.2 Å². The quantitative estimate of drug-likeness (QED) is 0.833. The third-order valence-corrected chi connectivity index (χ3v) is 2.36. The highest BCUT2D eigenvalue weighted by molar-refractivity contribution is 5.23. The SMILES string of the molecule is CCCNC(c1ccccc1)c1nnco1. The van der Waals surface area contributed by atoms with E-state index in [1.807, 2.05) is 18.2 Å². The standard InChI is InChI=1S/C12H15N3O/c1-2-8-13-11(12-15-14-9-16-12)10-6-4-3-5-7-10/h3-7,9,11,13H,2,8H2,1H3. The monoisotopic (exact) mass is 217 g/mol. The van der Waals surface area contributed by atoms with Gasteiger partial charge in [-0.2, -0.15) is 0 Å². The fraction of sp³-hybridized carbons (Fsp3) is 0.333. The summed E-state index contributed by atoms with van der Waals surface area (Å²) < 4.78 is 5.26. The molecule has 1 aromatic heterocycles. The van der Waals surface area contributed by atoms with Crippen LogP contribution in [-0.4, -0.2) is 16.7 Å². The van der Waals surface area contributed by atoms with Gasteiger partial charge in [-0.15, -0.1) is 10.2 Å². The van der Waals surface area contributed by atoms with Crippen LogP contribution in [0.4, 0.5) is 0 Å². The molecule has 1 aromatic carbocycles. The lowest BCUT2D eigenvalue weighted by molar-refractivity contribution is 0.431. The number of hydrogen-bond acceptors (Lipinski definition) is 4. The summed E-state index contributed by atoms with van der Waals surface area (Å²) in [6, 6.07) is 10.1. The molecular formula is C12H15N3O. The lowest BCUT2D eigenvalue weighted by Gasteiger charge is -2.14. The van der Waals surface area contributed by atoms with Crippen LogP contribution in [0.1, 0.15) is 30.8 Å². The van der Waals surface area contributed by atoms with Crippen LogP contribution in [0.25, 0.3) is 0 Å². The van der Waals surface area contributed by atoms with Crippen LogP contribution in [0.15, 0.2) is 41.1 Å². The summed E-state index contributed by atoms with van der Waals surface area (Å²) in [7, 11) is 0. The predicted molar refractivity (Wildman–Crippen MR) is 60.9 cm³/mol. The maximum atomic E-state index is 5.26. The van der Waals surface area contributed by atoms with Gasteiger partial charge in [0, 0.05) is 0 Å². The van der Waals surface area contributed by atoms with Crippen LogP contribution < -0.4 is 5.32 Å². The van der Waals surface area contributed by atoms with Crippen molar-refractivity contribution in [2.75, 3.05) is 6.54 Å². The van der Waals surface area contributed by atoms with Crippen molar-refractivity contribution < 1.29 is 4.42 Å². The number of benzene rings is 1. The minimum absolute atomic E-state index is 0.0105. The Balaban J connectivity index is 2.21. The highest BCUT2D eigenvalue weighted by atomic mass is 16.4. The zero-order valence-corrected chi connectivity index (χ0v) is 9.26. The second-order valence-electron chi connectivity index (χ2n) is 3.57. The molecule has 0 bridgehead atoms. The Morgan fingerprint density at radius 3 is 2.75 bits per heavy atom. The van der Waals surface area contributed by atoms with E-state index in [1.54, 1.807) is 0 Å². The number of aromatic nitrogens is 2. The van der Waals surface area contributed by atoms with Crippen LogP contribution >= 0.6 is 0 Å². The van der Waals surface area contributed by atoms with Crippen molar-refractivity contribution in [1.29, 1.82) is 0 Å². The minimum Gasteiger partial charge on any atom is -0.426 e. The zero-order chi connectivity index (χ0) is 11.2. The van der Waals surface area contributed by atoms with Crippen LogP contribution in [0.2, 0.25) is 0 Å². The van der Waals surface area contributed by atoms with E-state index in [2.05, 4.69) is 34.6 Å². The van der Waals surface area contributed by atoms with Crippen molar-refractivity contribution in [2.24, 2.45) is 0 Å². The fourth-order valence-electron chi connectivity index (χ4n) is 1.59. The fourth-order valence-corrected chi connectivity index (χ4v) is 1.59. The molecule has 16 heavy (non-hydrogen) atoms. The predicted octanol–water partition coefficient (Wildman–Crippen LogP) is 2.16. The molecule has 1 atom stereocenters. The molecule has 0 radical (unpaired) electrons. The molecule has 1 heterocycles. The molecule has 0 aliphatic carbocycles. The average molecular weight is 217 g/mol. The molecule has 4 nitrogen and oxygen atoms in total. The van der Waals surface area contributed by atoms with E-state index < -0.39 is 0 Å². The van der Waals surface area contributed by atoms with Crippen LogP contribution in [-0.2, 0) is 0 Å². The second kappa shape index (κ2) is 5.42. The van der Waals surface area contributed by atoms with Gasteiger partial charge in [-0.1, -0.05) is 37.3 Å². The van der Waals surface area contributed by atoms with Gasteiger partial charge in [0.25, 0.3) is 0 Å². The van der Waals surface area contributed by atoms with E-state index in [0.29, 0.717) is 5.89 Å². The van der Waals surface area contributed by atoms with Crippen molar-refractivity contribution in [3.63, 3.8) is 0 Å². The maximum absolute atomic E-state index is 5.26. The Labute approximate surface area is 94.7 Å². The highest BCUT2D eigenvalue weighted by Crippen LogP contribution is 2.19. The maximum Gasteiger partial charge on any atom is 0.237 e. The molecule has 1 unspecified atom stereocenters.